The van der Waals surface area contributed by atoms with Crippen LogP contribution in [0.2, 0.25) is 0 Å². The molecule has 8 heteroatoms. The third-order valence-electron chi connectivity index (χ3n) is 9.28. The van der Waals surface area contributed by atoms with E-state index in [-0.39, 0.29) is 17.6 Å². The number of amides is 1. The Morgan fingerprint density at radius 3 is 2.93 bits per heavy atom. The Kier molecular flexibility index (Phi) is 7.17. The number of nitrogens with one attached hydrogen (secondary N) is 1. The highest BCUT2D eigenvalue weighted by molar-refractivity contribution is 5.98. The number of likely N-dealkylation sites (tertiary alicyclic amines) is 1. The van der Waals surface area contributed by atoms with Gasteiger partial charge in [-0.2, -0.15) is 0 Å². The first kappa shape index (κ1) is 26.8. The predicted molar refractivity (Wildman–Crippen MR) is 158 cm³/mol. The Balaban J connectivity index is 0.956. The average molecular weight is 556 g/mol. The van der Waals surface area contributed by atoms with Gasteiger partial charge in [0.05, 0.1) is 11.1 Å². The van der Waals surface area contributed by atoms with Crippen molar-refractivity contribution >= 4 is 16.8 Å². The zero-order chi connectivity index (χ0) is 28.0. The van der Waals surface area contributed by atoms with Crippen LogP contribution in [0.15, 0.2) is 42.6 Å². The van der Waals surface area contributed by atoms with E-state index in [2.05, 4.69) is 48.3 Å². The molecule has 1 aromatic heterocycles. The Hall–Kier alpha value is -3.07. The summed E-state index contributed by atoms with van der Waals surface area (Å²) in [5, 5.41) is 4.53. The van der Waals surface area contributed by atoms with Crippen LogP contribution in [0.4, 0.5) is 0 Å². The number of hydrogen-bond acceptors (Lipinski definition) is 7. The zero-order valence-electron chi connectivity index (χ0n) is 24.3. The molecule has 0 aliphatic carbocycles. The van der Waals surface area contributed by atoms with Gasteiger partial charge in [0.25, 0.3) is 5.91 Å². The molecule has 41 heavy (non-hydrogen) atoms. The number of fused-ring (bicyclic) bond motifs is 2. The average Bonchev–Trinajstić information content (AvgIpc) is 3.55. The van der Waals surface area contributed by atoms with E-state index in [1.54, 1.807) is 0 Å². The molecular weight excluding hydrogens is 514 g/mol. The maximum absolute atomic E-state index is 13.0. The summed E-state index contributed by atoms with van der Waals surface area (Å²) in [4.78, 5) is 27.2. The summed E-state index contributed by atoms with van der Waals surface area (Å²) in [5.41, 5.74) is 4.10. The molecule has 3 atom stereocenters. The van der Waals surface area contributed by atoms with E-state index in [1.165, 1.54) is 5.56 Å². The largest absolute Gasteiger partial charge is 0.489 e. The fraction of sp³-hybridized carbons (Fsp3) is 0.545. The van der Waals surface area contributed by atoms with E-state index in [9.17, 15) is 4.79 Å². The van der Waals surface area contributed by atoms with Crippen molar-refractivity contribution in [2.45, 2.75) is 82.7 Å². The summed E-state index contributed by atoms with van der Waals surface area (Å²) in [6, 6.07) is 12.9. The highest BCUT2D eigenvalue weighted by atomic mass is 16.5. The van der Waals surface area contributed by atoms with E-state index in [0.29, 0.717) is 18.5 Å². The molecule has 3 fully saturated rings. The van der Waals surface area contributed by atoms with Gasteiger partial charge in [-0.1, -0.05) is 6.07 Å². The molecule has 0 radical (unpaired) electrons. The standard InChI is InChI=1S/C33H41N5O3/c1-33(2)16-23(10-13-40-33)31-35-17-24-14-22(5-8-30(24)36-31)19-37-12-9-28(21-37)41-27-6-7-29-25(15-27)20-38(32(29)39)26-4-3-11-34-18-26/h5-8,14-15,17,23,26,28,34H,3-4,9-13,16,18-21H2,1-2H3/t23-,26?,28+/m1/s1. The molecule has 2 aromatic carbocycles. The number of ether oxygens (including phenoxy) is 2. The Morgan fingerprint density at radius 2 is 2.07 bits per heavy atom. The van der Waals surface area contributed by atoms with Crippen molar-refractivity contribution in [2.75, 3.05) is 32.8 Å². The molecule has 8 nitrogen and oxygen atoms in total. The van der Waals surface area contributed by atoms with Crippen molar-refractivity contribution in [2.24, 2.45) is 0 Å². The molecule has 5 heterocycles. The molecule has 3 saturated heterocycles. The highest BCUT2D eigenvalue weighted by Gasteiger charge is 2.34. The second-order valence-corrected chi connectivity index (χ2v) is 12.9. The van der Waals surface area contributed by atoms with Gasteiger partial charge in [0.2, 0.25) is 0 Å². The van der Waals surface area contributed by atoms with Crippen LogP contribution in [0.3, 0.4) is 0 Å². The summed E-state index contributed by atoms with van der Waals surface area (Å²) in [6.07, 6.45) is 7.27. The van der Waals surface area contributed by atoms with Gasteiger partial charge in [-0.3, -0.25) is 9.69 Å². The third kappa shape index (κ3) is 5.70. The topological polar surface area (TPSA) is 79.8 Å². The Bertz CT molecular complexity index is 1440. The van der Waals surface area contributed by atoms with Crippen LogP contribution in [0.1, 0.15) is 79.2 Å². The third-order valence-corrected chi connectivity index (χ3v) is 9.28. The molecule has 4 aliphatic heterocycles. The quantitative estimate of drug-likeness (QED) is 0.474. The van der Waals surface area contributed by atoms with Crippen LogP contribution in [-0.2, 0) is 17.8 Å². The number of nitrogens with zero attached hydrogens (tertiary/aromatic N) is 4. The molecule has 0 saturated carbocycles. The van der Waals surface area contributed by atoms with Gasteiger partial charge in [-0.25, -0.2) is 9.97 Å². The van der Waals surface area contributed by atoms with E-state index in [4.69, 9.17) is 19.4 Å². The van der Waals surface area contributed by atoms with Gasteiger partial charge in [-0.05, 0) is 94.0 Å². The van der Waals surface area contributed by atoms with Crippen molar-refractivity contribution in [1.29, 1.82) is 0 Å². The minimum absolute atomic E-state index is 0.115. The minimum Gasteiger partial charge on any atom is -0.489 e. The van der Waals surface area contributed by atoms with Crippen LogP contribution in [0.5, 0.6) is 5.75 Å². The van der Waals surface area contributed by atoms with Crippen molar-refractivity contribution in [3.63, 3.8) is 0 Å². The van der Waals surface area contributed by atoms with E-state index >= 15 is 0 Å². The molecule has 216 valence electrons. The van der Waals surface area contributed by atoms with Gasteiger partial charge < -0.3 is 19.7 Å². The van der Waals surface area contributed by atoms with E-state index in [0.717, 1.165) is 105 Å². The van der Waals surface area contributed by atoms with Crippen LogP contribution in [-0.4, -0.2) is 76.2 Å². The molecule has 1 N–H and O–H groups in total. The molecule has 4 aliphatic rings. The van der Waals surface area contributed by atoms with Gasteiger partial charge in [0, 0.05) is 68.4 Å². The number of carbonyl (C=O) groups is 1. The zero-order valence-corrected chi connectivity index (χ0v) is 24.3. The van der Waals surface area contributed by atoms with Crippen LogP contribution in [0, 0.1) is 0 Å². The molecule has 3 aromatic rings. The van der Waals surface area contributed by atoms with Crippen molar-refractivity contribution < 1.29 is 14.3 Å². The van der Waals surface area contributed by atoms with E-state index in [1.807, 2.05) is 23.2 Å². The maximum atomic E-state index is 13.0. The van der Waals surface area contributed by atoms with Crippen LogP contribution >= 0.6 is 0 Å². The fourth-order valence-corrected chi connectivity index (χ4v) is 7.12. The first-order valence-corrected chi connectivity index (χ1v) is 15.3. The predicted octanol–water partition coefficient (Wildman–Crippen LogP) is 4.66. The lowest BCUT2D eigenvalue weighted by Crippen LogP contribution is -2.46. The smallest absolute Gasteiger partial charge is 0.254 e. The number of carbonyl (C=O) groups excluding carboxylic acids is 1. The van der Waals surface area contributed by atoms with Crippen LogP contribution < -0.4 is 10.1 Å². The molecule has 7 rings (SSSR count). The SMILES string of the molecule is CC1(C)C[C@H](c2ncc3cc(CN4CC[C@H](Oc5ccc6c(c5)CN(C5CCCNC5)C6=O)C4)ccc3n2)CCO1. The number of piperidine rings is 1. The molecule has 1 unspecified atom stereocenters. The van der Waals surface area contributed by atoms with E-state index < -0.39 is 0 Å². The van der Waals surface area contributed by atoms with Gasteiger partial charge >= 0.3 is 0 Å². The van der Waals surface area contributed by atoms with Crippen molar-refractivity contribution in [1.82, 2.24) is 25.1 Å². The van der Waals surface area contributed by atoms with Gasteiger partial charge in [-0.15, -0.1) is 0 Å². The first-order chi connectivity index (χ1) is 19.9. The van der Waals surface area contributed by atoms with Gasteiger partial charge in [0.1, 0.15) is 17.7 Å². The lowest BCUT2D eigenvalue weighted by Gasteiger charge is -2.34. The van der Waals surface area contributed by atoms with Crippen LogP contribution in [0.25, 0.3) is 10.9 Å². The monoisotopic (exact) mass is 555 g/mol. The fourth-order valence-electron chi connectivity index (χ4n) is 7.12. The van der Waals surface area contributed by atoms with Gasteiger partial charge in [0.15, 0.2) is 0 Å². The lowest BCUT2D eigenvalue weighted by atomic mass is 9.88. The van der Waals surface area contributed by atoms with Crippen molar-refractivity contribution in [3.8, 4) is 5.75 Å². The number of hydrogen-bond donors (Lipinski definition) is 1. The second kappa shape index (κ2) is 11.0. The molecular formula is C33H41N5O3. The van der Waals surface area contributed by atoms with Crippen molar-refractivity contribution in [3.05, 3.63) is 65.1 Å². The minimum atomic E-state index is -0.115. The molecule has 1 amide bonds. The summed E-state index contributed by atoms with van der Waals surface area (Å²) < 4.78 is 12.3. The highest BCUT2D eigenvalue weighted by Crippen LogP contribution is 2.35. The Labute approximate surface area is 242 Å². The normalized spacial score (nSPS) is 26.4. The summed E-state index contributed by atoms with van der Waals surface area (Å²) >= 11 is 0. The Morgan fingerprint density at radius 1 is 1.15 bits per heavy atom. The number of rotatable bonds is 6. The number of aromatic nitrogens is 2. The second-order valence-electron chi connectivity index (χ2n) is 12.9. The lowest BCUT2D eigenvalue weighted by molar-refractivity contribution is -0.0602. The molecule has 0 spiro atoms. The summed E-state index contributed by atoms with van der Waals surface area (Å²) in [6.45, 7) is 10.5. The molecule has 0 bridgehead atoms. The maximum Gasteiger partial charge on any atom is 0.254 e. The summed E-state index contributed by atoms with van der Waals surface area (Å²) in [5.74, 6) is 2.33. The first-order valence-electron chi connectivity index (χ1n) is 15.3. The number of benzene rings is 2. The summed E-state index contributed by atoms with van der Waals surface area (Å²) in [7, 11) is 0.